The zero-order chi connectivity index (χ0) is 21.5. The Balaban J connectivity index is 1.23. The van der Waals surface area contributed by atoms with Gasteiger partial charge in [0.05, 0.1) is 5.92 Å². The minimum atomic E-state index is -0.0832. The van der Waals surface area contributed by atoms with Crippen LogP contribution in [0.5, 0.6) is 5.75 Å². The van der Waals surface area contributed by atoms with Crippen LogP contribution in [0.25, 0.3) is 0 Å². The number of piperidine rings is 2. The first-order valence-electron chi connectivity index (χ1n) is 11.5. The highest BCUT2D eigenvalue weighted by atomic mass is 16.5. The molecule has 0 bridgehead atoms. The predicted octanol–water partition coefficient (Wildman–Crippen LogP) is 3.79. The van der Waals surface area contributed by atoms with Crippen molar-refractivity contribution in [3.8, 4) is 5.75 Å². The predicted molar refractivity (Wildman–Crippen MR) is 121 cm³/mol. The molecule has 0 spiro atoms. The summed E-state index contributed by atoms with van der Waals surface area (Å²) < 4.78 is 5.61. The lowest BCUT2D eigenvalue weighted by Crippen LogP contribution is -2.49. The van der Waals surface area contributed by atoms with E-state index in [1.165, 1.54) is 5.56 Å². The van der Waals surface area contributed by atoms with Crippen LogP contribution in [0.4, 0.5) is 0 Å². The second-order valence-electron chi connectivity index (χ2n) is 8.74. The number of amides is 2. The molecular weight excluding hydrogens is 388 g/mol. The van der Waals surface area contributed by atoms with Gasteiger partial charge in [-0.3, -0.25) is 9.59 Å². The number of carbonyl (C=O) groups is 2. The van der Waals surface area contributed by atoms with E-state index < -0.39 is 0 Å². The summed E-state index contributed by atoms with van der Waals surface area (Å²) in [6, 6.07) is 20.0. The molecule has 2 saturated heterocycles. The molecule has 5 heteroatoms. The third-order valence-electron chi connectivity index (χ3n) is 6.52. The fraction of sp³-hybridized carbons (Fsp3) is 0.462. The number of hydrogen-bond acceptors (Lipinski definition) is 3. The molecule has 31 heavy (non-hydrogen) atoms. The lowest BCUT2D eigenvalue weighted by Gasteiger charge is -2.38. The van der Waals surface area contributed by atoms with Gasteiger partial charge in [0, 0.05) is 26.2 Å². The molecule has 1 unspecified atom stereocenters. The Labute approximate surface area is 185 Å². The summed E-state index contributed by atoms with van der Waals surface area (Å²) in [5, 5.41) is 0. The summed E-state index contributed by atoms with van der Waals surface area (Å²) in [7, 11) is 0. The van der Waals surface area contributed by atoms with Crippen molar-refractivity contribution in [2.24, 2.45) is 11.8 Å². The highest BCUT2D eigenvalue weighted by Gasteiger charge is 2.33. The Morgan fingerprint density at radius 2 is 1.52 bits per heavy atom. The summed E-state index contributed by atoms with van der Waals surface area (Å²) in [6.07, 6.45) is 4.95. The van der Waals surface area contributed by atoms with E-state index in [-0.39, 0.29) is 24.3 Å². The molecule has 0 aliphatic carbocycles. The standard InChI is InChI=1S/C26H32N2O3/c29-25(20-31-24-11-5-2-6-12-24)28-15-7-10-23(19-28)26(30)27-16-13-22(14-17-27)18-21-8-3-1-4-9-21/h1-6,8-9,11-12,22-23H,7,10,13-20H2. The Hall–Kier alpha value is -2.82. The summed E-state index contributed by atoms with van der Waals surface area (Å²) in [4.78, 5) is 29.6. The Morgan fingerprint density at radius 3 is 2.23 bits per heavy atom. The average molecular weight is 421 g/mol. The van der Waals surface area contributed by atoms with Crippen molar-refractivity contribution in [1.82, 2.24) is 9.80 Å². The second kappa shape index (κ2) is 10.5. The topological polar surface area (TPSA) is 49.9 Å². The van der Waals surface area contributed by atoms with Crippen LogP contribution in [0.3, 0.4) is 0 Å². The molecule has 0 aromatic heterocycles. The van der Waals surface area contributed by atoms with Crippen LogP contribution in [0.15, 0.2) is 60.7 Å². The highest BCUT2D eigenvalue weighted by Crippen LogP contribution is 2.25. The molecule has 0 saturated carbocycles. The number of para-hydroxylation sites is 1. The van der Waals surface area contributed by atoms with Crippen molar-refractivity contribution in [2.45, 2.75) is 32.1 Å². The van der Waals surface area contributed by atoms with Gasteiger partial charge in [-0.25, -0.2) is 0 Å². The molecule has 0 N–H and O–H groups in total. The van der Waals surface area contributed by atoms with E-state index in [0.717, 1.165) is 45.2 Å². The third-order valence-corrected chi connectivity index (χ3v) is 6.52. The van der Waals surface area contributed by atoms with E-state index in [1.54, 1.807) is 4.90 Å². The first kappa shape index (κ1) is 21.4. The van der Waals surface area contributed by atoms with Crippen molar-refractivity contribution in [2.75, 3.05) is 32.8 Å². The normalized spacial score (nSPS) is 19.8. The van der Waals surface area contributed by atoms with Crippen molar-refractivity contribution in [3.63, 3.8) is 0 Å². The molecule has 2 heterocycles. The van der Waals surface area contributed by atoms with E-state index in [9.17, 15) is 9.59 Å². The first-order valence-corrected chi connectivity index (χ1v) is 11.5. The fourth-order valence-electron chi connectivity index (χ4n) is 4.72. The molecule has 2 amide bonds. The minimum Gasteiger partial charge on any atom is -0.484 e. The van der Waals surface area contributed by atoms with Crippen LogP contribution < -0.4 is 4.74 Å². The first-order chi connectivity index (χ1) is 15.2. The van der Waals surface area contributed by atoms with Gasteiger partial charge in [-0.2, -0.15) is 0 Å². The van der Waals surface area contributed by atoms with Crippen molar-refractivity contribution >= 4 is 11.8 Å². The molecule has 164 valence electrons. The molecule has 2 aromatic rings. The molecule has 2 fully saturated rings. The third kappa shape index (κ3) is 5.87. The van der Waals surface area contributed by atoms with Gasteiger partial charge in [-0.05, 0) is 55.7 Å². The molecular formula is C26H32N2O3. The van der Waals surface area contributed by atoms with Crippen molar-refractivity contribution in [3.05, 3.63) is 66.2 Å². The molecule has 0 radical (unpaired) electrons. The fourth-order valence-corrected chi connectivity index (χ4v) is 4.72. The van der Waals surface area contributed by atoms with Crippen LogP contribution in [-0.2, 0) is 16.0 Å². The van der Waals surface area contributed by atoms with Crippen molar-refractivity contribution in [1.29, 1.82) is 0 Å². The smallest absolute Gasteiger partial charge is 0.260 e. The van der Waals surface area contributed by atoms with E-state index >= 15 is 0 Å². The SMILES string of the molecule is O=C(COc1ccccc1)N1CCCC(C(=O)N2CCC(Cc3ccccc3)CC2)C1. The van der Waals surface area contributed by atoms with Crippen molar-refractivity contribution < 1.29 is 14.3 Å². The Morgan fingerprint density at radius 1 is 0.839 bits per heavy atom. The number of hydrogen-bond donors (Lipinski definition) is 0. The molecule has 2 aliphatic heterocycles. The molecule has 2 aromatic carbocycles. The van der Waals surface area contributed by atoms with Crippen LogP contribution >= 0.6 is 0 Å². The van der Waals surface area contributed by atoms with Crippen LogP contribution in [0, 0.1) is 11.8 Å². The van der Waals surface area contributed by atoms with Crippen LogP contribution in [0.1, 0.15) is 31.2 Å². The van der Waals surface area contributed by atoms with E-state index in [1.807, 2.05) is 35.2 Å². The van der Waals surface area contributed by atoms with Gasteiger partial charge in [0.15, 0.2) is 6.61 Å². The van der Waals surface area contributed by atoms with Gasteiger partial charge in [-0.1, -0.05) is 48.5 Å². The maximum absolute atomic E-state index is 13.1. The average Bonchev–Trinajstić information content (AvgIpc) is 2.84. The second-order valence-corrected chi connectivity index (χ2v) is 8.74. The van der Waals surface area contributed by atoms with E-state index in [0.29, 0.717) is 24.8 Å². The number of nitrogens with zero attached hydrogens (tertiary/aromatic N) is 2. The van der Waals surface area contributed by atoms with Gasteiger partial charge in [0.2, 0.25) is 5.91 Å². The summed E-state index contributed by atoms with van der Waals surface area (Å²) in [6.45, 7) is 2.91. The molecule has 1 atom stereocenters. The van der Waals surface area contributed by atoms with Gasteiger partial charge in [-0.15, -0.1) is 0 Å². The van der Waals surface area contributed by atoms with E-state index in [4.69, 9.17) is 4.74 Å². The zero-order valence-electron chi connectivity index (χ0n) is 18.1. The summed E-state index contributed by atoms with van der Waals surface area (Å²) in [5.74, 6) is 1.44. The molecule has 5 nitrogen and oxygen atoms in total. The van der Waals surface area contributed by atoms with Gasteiger partial charge >= 0.3 is 0 Å². The number of ether oxygens (including phenoxy) is 1. The highest BCUT2D eigenvalue weighted by molar-refractivity contribution is 5.82. The minimum absolute atomic E-state index is 0.0236. The zero-order valence-corrected chi connectivity index (χ0v) is 18.1. The maximum atomic E-state index is 13.1. The van der Waals surface area contributed by atoms with Crippen LogP contribution in [-0.4, -0.2) is 54.4 Å². The van der Waals surface area contributed by atoms with Crippen LogP contribution in [0.2, 0.25) is 0 Å². The summed E-state index contributed by atoms with van der Waals surface area (Å²) in [5.41, 5.74) is 1.38. The summed E-state index contributed by atoms with van der Waals surface area (Å²) >= 11 is 0. The Bertz CT molecular complexity index is 847. The molecule has 2 aliphatic rings. The molecule has 4 rings (SSSR count). The van der Waals surface area contributed by atoms with E-state index in [2.05, 4.69) is 30.3 Å². The number of benzene rings is 2. The van der Waals surface area contributed by atoms with Gasteiger partial charge in [0.25, 0.3) is 5.91 Å². The maximum Gasteiger partial charge on any atom is 0.260 e. The lowest BCUT2D eigenvalue weighted by atomic mass is 9.89. The van der Waals surface area contributed by atoms with Gasteiger partial charge in [0.1, 0.15) is 5.75 Å². The monoisotopic (exact) mass is 420 g/mol. The van der Waals surface area contributed by atoms with Gasteiger partial charge < -0.3 is 14.5 Å². The lowest BCUT2D eigenvalue weighted by molar-refractivity contribution is -0.142. The number of likely N-dealkylation sites (tertiary alicyclic amines) is 2. The number of rotatable bonds is 6. The Kier molecular flexibility index (Phi) is 7.23. The number of carbonyl (C=O) groups excluding carboxylic acids is 2. The largest absolute Gasteiger partial charge is 0.484 e. The quantitative estimate of drug-likeness (QED) is 0.715.